The van der Waals surface area contributed by atoms with Gasteiger partial charge in [-0.1, -0.05) is 29.8 Å². The third-order valence-electron chi connectivity index (χ3n) is 2.36. The van der Waals surface area contributed by atoms with Gasteiger partial charge >= 0.3 is 5.97 Å². The van der Waals surface area contributed by atoms with Gasteiger partial charge in [0.15, 0.2) is 0 Å². The maximum atomic E-state index is 10.6. The van der Waals surface area contributed by atoms with Gasteiger partial charge in [-0.25, -0.2) is 4.98 Å². The van der Waals surface area contributed by atoms with Crippen LogP contribution < -0.4 is 0 Å². The Kier molecular flexibility index (Phi) is 3.54. The number of carbonyl (C=O) groups is 1. The topological polar surface area (TPSA) is 50.2 Å². The molecule has 3 nitrogen and oxygen atoms in total. The average molecular weight is 247 g/mol. The van der Waals surface area contributed by atoms with Crippen LogP contribution in [0.5, 0.6) is 0 Å². The standard InChI is InChI=1S/C13H13NO2S/c1-9-3-2-4-10(5-9)6-12-14-8-11(17-12)7-13(15)16/h2-5,8H,6-7H2,1H3,(H,15,16). The Labute approximate surface area is 104 Å². The lowest BCUT2D eigenvalue weighted by Crippen LogP contribution is -1.97. The summed E-state index contributed by atoms with van der Waals surface area (Å²) in [5.41, 5.74) is 2.44. The van der Waals surface area contributed by atoms with E-state index in [9.17, 15) is 4.79 Å². The van der Waals surface area contributed by atoms with Crippen LogP contribution in [-0.2, 0) is 17.6 Å². The van der Waals surface area contributed by atoms with E-state index in [0.29, 0.717) is 0 Å². The van der Waals surface area contributed by atoms with E-state index in [-0.39, 0.29) is 6.42 Å². The third kappa shape index (κ3) is 3.39. The summed E-state index contributed by atoms with van der Waals surface area (Å²) in [4.78, 5) is 15.6. The number of rotatable bonds is 4. The van der Waals surface area contributed by atoms with Crippen LogP contribution in [0, 0.1) is 6.92 Å². The fourth-order valence-corrected chi connectivity index (χ4v) is 2.61. The summed E-state index contributed by atoms with van der Waals surface area (Å²) in [6.07, 6.45) is 2.49. The first-order chi connectivity index (χ1) is 8.13. The van der Waals surface area contributed by atoms with Crippen molar-refractivity contribution in [1.29, 1.82) is 0 Å². The summed E-state index contributed by atoms with van der Waals surface area (Å²) in [7, 11) is 0. The van der Waals surface area contributed by atoms with E-state index in [0.717, 1.165) is 16.3 Å². The van der Waals surface area contributed by atoms with Crippen molar-refractivity contribution in [3.8, 4) is 0 Å². The van der Waals surface area contributed by atoms with Gasteiger partial charge in [0.2, 0.25) is 0 Å². The normalized spacial score (nSPS) is 10.4. The quantitative estimate of drug-likeness (QED) is 0.903. The van der Waals surface area contributed by atoms with E-state index < -0.39 is 5.97 Å². The molecule has 1 heterocycles. The van der Waals surface area contributed by atoms with Crippen LogP contribution >= 0.6 is 11.3 Å². The van der Waals surface area contributed by atoms with Gasteiger partial charge in [-0.05, 0) is 12.5 Å². The Morgan fingerprint density at radius 1 is 1.47 bits per heavy atom. The summed E-state index contributed by atoms with van der Waals surface area (Å²) >= 11 is 1.47. The second kappa shape index (κ2) is 5.10. The lowest BCUT2D eigenvalue weighted by atomic mass is 10.1. The maximum Gasteiger partial charge on any atom is 0.308 e. The Morgan fingerprint density at radius 2 is 2.29 bits per heavy atom. The monoisotopic (exact) mass is 247 g/mol. The van der Waals surface area contributed by atoms with Gasteiger partial charge < -0.3 is 5.11 Å². The number of nitrogens with zero attached hydrogens (tertiary/aromatic N) is 1. The van der Waals surface area contributed by atoms with Crippen molar-refractivity contribution < 1.29 is 9.90 Å². The highest BCUT2D eigenvalue weighted by molar-refractivity contribution is 7.11. The zero-order valence-corrected chi connectivity index (χ0v) is 10.3. The molecule has 0 saturated heterocycles. The summed E-state index contributed by atoms with van der Waals surface area (Å²) in [5, 5.41) is 9.65. The van der Waals surface area contributed by atoms with Gasteiger partial charge in [0.05, 0.1) is 11.4 Å². The predicted octanol–water partition coefficient (Wildman–Crippen LogP) is 2.67. The van der Waals surface area contributed by atoms with Crippen molar-refractivity contribution in [3.63, 3.8) is 0 Å². The van der Waals surface area contributed by atoms with E-state index in [1.165, 1.54) is 22.5 Å². The van der Waals surface area contributed by atoms with Gasteiger partial charge in [0.25, 0.3) is 0 Å². The van der Waals surface area contributed by atoms with Crippen LogP contribution in [0.25, 0.3) is 0 Å². The molecule has 0 unspecified atom stereocenters. The van der Waals surface area contributed by atoms with Crippen LogP contribution in [0.3, 0.4) is 0 Å². The van der Waals surface area contributed by atoms with Crippen molar-refractivity contribution in [3.05, 3.63) is 51.5 Å². The number of aliphatic carboxylic acids is 1. The smallest absolute Gasteiger partial charge is 0.308 e. The zero-order chi connectivity index (χ0) is 12.3. The number of benzene rings is 1. The Bertz CT molecular complexity index is 534. The number of hydrogen-bond acceptors (Lipinski definition) is 3. The lowest BCUT2D eigenvalue weighted by Gasteiger charge is -1.99. The molecular formula is C13H13NO2S. The highest BCUT2D eigenvalue weighted by Crippen LogP contribution is 2.17. The summed E-state index contributed by atoms with van der Waals surface area (Å²) in [6, 6.07) is 8.27. The Balaban J connectivity index is 2.08. The maximum absolute atomic E-state index is 10.6. The Morgan fingerprint density at radius 3 is 3.00 bits per heavy atom. The van der Waals surface area contributed by atoms with Gasteiger partial charge in [-0.2, -0.15) is 0 Å². The van der Waals surface area contributed by atoms with Crippen LogP contribution in [0.2, 0.25) is 0 Å². The number of aromatic nitrogens is 1. The van der Waals surface area contributed by atoms with Crippen LogP contribution in [-0.4, -0.2) is 16.1 Å². The first-order valence-corrected chi connectivity index (χ1v) is 6.16. The van der Waals surface area contributed by atoms with Crippen molar-refractivity contribution in [2.75, 3.05) is 0 Å². The lowest BCUT2D eigenvalue weighted by molar-refractivity contribution is -0.136. The van der Waals surface area contributed by atoms with Crippen molar-refractivity contribution in [2.24, 2.45) is 0 Å². The number of hydrogen-bond donors (Lipinski definition) is 1. The minimum atomic E-state index is -0.809. The number of carboxylic acid groups (broad SMARTS) is 1. The largest absolute Gasteiger partial charge is 0.481 e. The van der Waals surface area contributed by atoms with Gasteiger partial charge in [0.1, 0.15) is 0 Å². The fourth-order valence-electron chi connectivity index (χ4n) is 1.66. The summed E-state index contributed by atoms with van der Waals surface area (Å²) in [6.45, 7) is 2.06. The first-order valence-electron chi connectivity index (χ1n) is 5.34. The molecule has 0 aliphatic rings. The molecule has 0 bridgehead atoms. The second-order valence-electron chi connectivity index (χ2n) is 3.96. The molecular weight excluding hydrogens is 234 g/mol. The molecule has 0 aliphatic carbocycles. The van der Waals surface area contributed by atoms with E-state index in [4.69, 9.17) is 5.11 Å². The molecule has 0 atom stereocenters. The minimum Gasteiger partial charge on any atom is -0.481 e. The Hall–Kier alpha value is -1.68. The number of carboxylic acids is 1. The molecule has 1 aromatic heterocycles. The van der Waals surface area contributed by atoms with Crippen molar-refractivity contribution >= 4 is 17.3 Å². The molecule has 2 aromatic rings. The predicted molar refractivity (Wildman–Crippen MR) is 67.4 cm³/mol. The first kappa shape index (κ1) is 11.8. The molecule has 4 heteroatoms. The third-order valence-corrected chi connectivity index (χ3v) is 3.36. The minimum absolute atomic E-state index is 0.0610. The van der Waals surface area contributed by atoms with Crippen molar-refractivity contribution in [1.82, 2.24) is 4.98 Å². The molecule has 0 fully saturated rings. The van der Waals surface area contributed by atoms with Gasteiger partial charge in [-0.3, -0.25) is 4.79 Å². The van der Waals surface area contributed by atoms with Crippen LogP contribution in [0.1, 0.15) is 21.0 Å². The average Bonchev–Trinajstić information content (AvgIpc) is 2.64. The van der Waals surface area contributed by atoms with E-state index in [1.54, 1.807) is 6.20 Å². The highest BCUT2D eigenvalue weighted by atomic mass is 32.1. The zero-order valence-electron chi connectivity index (χ0n) is 9.51. The van der Waals surface area contributed by atoms with E-state index in [2.05, 4.69) is 30.1 Å². The molecule has 1 aromatic carbocycles. The molecule has 0 aliphatic heterocycles. The second-order valence-corrected chi connectivity index (χ2v) is 5.16. The SMILES string of the molecule is Cc1cccc(Cc2ncc(CC(=O)O)s2)c1. The molecule has 88 valence electrons. The molecule has 1 N–H and O–H groups in total. The molecule has 0 saturated carbocycles. The molecule has 17 heavy (non-hydrogen) atoms. The number of aryl methyl sites for hydroxylation is 1. The molecule has 0 amide bonds. The summed E-state index contributed by atoms with van der Waals surface area (Å²) in [5.74, 6) is -0.809. The van der Waals surface area contributed by atoms with Gasteiger partial charge in [-0.15, -0.1) is 11.3 Å². The molecule has 2 rings (SSSR count). The molecule has 0 radical (unpaired) electrons. The van der Waals surface area contributed by atoms with Gasteiger partial charge in [0, 0.05) is 17.5 Å². The van der Waals surface area contributed by atoms with Crippen molar-refractivity contribution in [2.45, 2.75) is 19.8 Å². The molecule has 0 spiro atoms. The van der Waals surface area contributed by atoms with E-state index in [1.807, 2.05) is 6.07 Å². The fraction of sp³-hybridized carbons (Fsp3) is 0.231. The van der Waals surface area contributed by atoms with E-state index >= 15 is 0 Å². The highest BCUT2D eigenvalue weighted by Gasteiger charge is 2.06. The summed E-state index contributed by atoms with van der Waals surface area (Å²) < 4.78 is 0. The van der Waals surface area contributed by atoms with Crippen LogP contribution in [0.15, 0.2) is 30.5 Å². The number of thiazole rings is 1. The van der Waals surface area contributed by atoms with Crippen LogP contribution in [0.4, 0.5) is 0 Å².